The number of hydrogen-bond donors (Lipinski definition) is 0. The van der Waals surface area contributed by atoms with E-state index in [2.05, 4.69) is 20.8 Å². The van der Waals surface area contributed by atoms with Gasteiger partial charge in [0.1, 0.15) is 5.82 Å². The number of carbonyl (C=O) groups excluding carboxylic acids is 1. The molecule has 0 atom stereocenters. The molecule has 2 saturated heterocycles. The lowest BCUT2D eigenvalue weighted by molar-refractivity contribution is -0.185. The molecule has 2 aliphatic rings. The number of carbonyl (C=O) groups is 1. The lowest BCUT2D eigenvalue weighted by Crippen LogP contribution is -2.44. The monoisotopic (exact) mass is 433 g/mol. The van der Waals surface area contributed by atoms with Crippen molar-refractivity contribution in [1.29, 1.82) is 0 Å². The van der Waals surface area contributed by atoms with E-state index in [-0.39, 0.29) is 11.6 Å². The van der Waals surface area contributed by atoms with Crippen LogP contribution in [-0.4, -0.2) is 42.8 Å². The summed E-state index contributed by atoms with van der Waals surface area (Å²) in [5.74, 6) is -0.967. The van der Waals surface area contributed by atoms with E-state index in [9.17, 15) is 9.18 Å². The highest BCUT2D eigenvalue weighted by Gasteiger charge is 2.39. The van der Waals surface area contributed by atoms with Crippen LogP contribution in [-0.2, 0) is 16.0 Å². The van der Waals surface area contributed by atoms with Crippen molar-refractivity contribution in [3.05, 3.63) is 69.4 Å². The zero-order chi connectivity index (χ0) is 18.9. The van der Waals surface area contributed by atoms with E-state index in [0.29, 0.717) is 28.8 Å². The van der Waals surface area contributed by atoms with Gasteiger partial charge in [0.15, 0.2) is 11.6 Å². The fourth-order valence-corrected chi connectivity index (χ4v) is 3.91. The molecule has 4 rings (SSSR count). The first kappa shape index (κ1) is 18.7. The summed E-state index contributed by atoms with van der Waals surface area (Å²) in [5.41, 5.74) is 2.06. The molecule has 0 aliphatic carbocycles. The summed E-state index contributed by atoms with van der Waals surface area (Å²) in [4.78, 5) is 14.9. The van der Waals surface area contributed by atoms with Crippen molar-refractivity contribution in [2.45, 2.75) is 25.2 Å². The van der Waals surface area contributed by atoms with Crippen molar-refractivity contribution < 1.29 is 18.7 Å². The summed E-state index contributed by atoms with van der Waals surface area (Å²) >= 11 is 3.10. The molecule has 0 aromatic heterocycles. The highest BCUT2D eigenvalue weighted by Crippen LogP contribution is 2.31. The number of halogens is 2. The van der Waals surface area contributed by atoms with Crippen LogP contribution in [0.25, 0.3) is 0 Å². The van der Waals surface area contributed by atoms with E-state index in [1.165, 1.54) is 6.07 Å². The Morgan fingerprint density at radius 1 is 1.04 bits per heavy atom. The Bertz CT molecular complexity index is 824. The van der Waals surface area contributed by atoms with E-state index >= 15 is 0 Å². The minimum atomic E-state index is -0.435. The molecule has 0 bridgehead atoms. The summed E-state index contributed by atoms with van der Waals surface area (Å²) < 4.78 is 25.5. The van der Waals surface area contributed by atoms with Gasteiger partial charge in [0.25, 0.3) is 0 Å². The number of rotatable bonds is 4. The van der Waals surface area contributed by atoms with Crippen molar-refractivity contribution in [2.24, 2.45) is 0 Å². The van der Waals surface area contributed by atoms with Crippen LogP contribution >= 0.6 is 15.9 Å². The van der Waals surface area contributed by atoms with Gasteiger partial charge < -0.3 is 9.47 Å². The Labute approximate surface area is 166 Å². The molecule has 6 heteroatoms. The summed E-state index contributed by atoms with van der Waals surface area (Å²) in [6.45, 7) is 4.07. The normalized spacial score (nSPS) is 19.5. The van der Waals surface area contributed by atoms with Crippen LogP contribution in [0.3, 0.4) is 0 Å². The third-order valence-corrected chi connectivity index (χ3v) is 5.88. The van der Waals surface area contributed by atoms with Gasteiger partial charge in [-0.2, -0.15) is 0 Å². The predicted molar refractivity (Wildman–Crippen MR) is 103 cm³/mol. The number of piperidine rings is 1. The molecule has 4 nitrogen and oxygen atoms in total. The summed E-state index contributed by atoms with van der Waals surface area (Å²) in [7, 11) is 0. The molecule has 0 N–H and O–H groups in total. The van der Waals surface area contributed by atoms with Gasteiger partial charge in [0, 0.05) is 43.6 Å². The van der Waals surface area contributed by atoms with Crippen molar-refractivity contribution in [3.63, 3.8) is 0 Å². The average molecular weight is 434 g/mol. The highest BCUT2D eigenvalue weighted by atomic mass is 79.9. The minimum absolute atomic E-state index is 0.177. The lowest BCUT2D eigenvalue weighted by Gasteiger charge is -2.37. The van der Waals surface area contributed by atoms with E-state index in [1.54, 1.807) is 12.1 Å². The highest BCUT2D eigenvalue weighted by molar-refractivity contribution is 9.10. The number of likely N-dealkylation sites (tertiary alicyclic amines) is 1. The number of nitrogens with zero attached hydrogens (tertiary/aromatic N) is 1. The van der Waals surface area contributed by atoms with Crippen LogP contribution < -0.4 is 0 Å². The van der Waals surface area contributed by atoms with E-state index in [4.69, 9.17) is 9.47 Å². The Morgan fingerprint density at radius 3 is 2.30 bits per heavy atom. The van der Waals surface area contributed by atoms with Crippen LogP contribution in [0.2, 0.25) is 0 Å². The third-order valence-electron chi connectivity index (χ3n) is 5.24. The molecule has 2 aliphatic heterocycles. The van der Waals surface area contributed by atoms with E-state index in [1.807, 2.05) is 24.3 Å². The zero-order valence-electron chi connectivity index (χ0n) is 14.9. The fraction of sp³-hybridized carbons (Fsp3) is 0.381. The molecular weight excluding hydrogens is 413 g/mol. The third kappa shape index (κ3) is 4.14. The van der Waals surface area contributed by atoms with Gasteiger partial charge in [-0.3, -0.25) is 9.69 Å². The standard InChI is InChI=1S/C21H21BrFNO3/c22-18-6-5-17(13-19(18)23)20(25)16-3-1-15(2-4-16)14-24-9-7-21(8-10-24)26-11-12-27-21/h1-6,13H,7-12,14H2. The van der Waals surface area contributed by atoms with Gasteiger partial charge in [-0.15, -0.1) is 0 Å². The van der Waals surface area contributed by atoms with Gasteiger partial charge in [0.05, 0.1) is 17.7 Å². The average Bonchev–Trinajstić information content (AvgIpc) is 3.14. The Hall–Kier alpha value is -1.60. The second kappa shape index (κ2) is 7.80. The molecular formula is C21H21BrFNO3. The molecule has 2 aromatic rings. The number of hydrogen-bond acceptors (Lipinski definition) is 4. The second-order valence-electron chi connectivity index (χ2n) is 7.04. The SMILES string of the molecule is O=C(c1ccc(CN2CCC3(CC2)OCCO3)cc1)c1ccc(Br)c(F)c1. The largest absolute Gasteiger partial charge is 0.347 e. The first-order valence-electron chi connectivity index (χ1n) is 9.14. The Kier molecular flexibility index (Phi) is 5.41. The van der Waals surface area contributed by atoms with Crippen LogP contribution in [0.1, 0.15) is 34.3 Å². The molecule has 0 unspecified atom stereocenters. The first-order valence-corrected chi connectivity index (χ1v) is 9.93. The first-order chi connectivity index (χ1) is 13.0. The summed E-state index contributed by atoms with van der Waals surface area (Å²) in [6, 6.07) is 12.0. The van der Waals surface area contributed by atoms with Crippen molar-refractivity contribution in [3.8, 4) is 0 Å². The molecule has 2 fully saturated rings. The number of benzene rings is 2. The maximum Gasteiger partial charge on any atom is 0.193 e. The molecule has 142 valence electrons. The number of ketones is 1. The topological polar surface area (TPSA) is 38.8 Å². The number of ether oxygens (including phenoxy) is 2. The van der Waals surface area contributed by atoms with Crippen LogP contribution in [0.15, 0.2) is 46.9 Å². The minimum Gasteiger partial charge on any atom is -0.347 e. The molecule has 1 spiro atoms. The van der Waals surface area contributed by atoms with Gasteiger partial charge in [-0.05, 0) is 39.7 Å². The molecule has 0 radical (unpaired) electrons. The quantitative estimate of drug-likeness (QED) is 0.678. The van der Waals surface area contributed by atoms with E-state index in [0.717, 1.165) is 38.0 Å². The van der Waals surface area contributed by atoms with Crippen molar-refractivity contribution in [2.75, 3.05) is 26.3 Å². The molecule has 2 aromatic carbocycles. The molecule has 0 amide bonds. The van der Waals surface area contributed by atoms with Gasteiger partial charge in [0.2, 0.25) is 0 Å². The summed E-state index contributed by atoms with van der Waals surface area (Å²) in [6.07, 6.45) is 1.78. The van der Waals surface area contributed by atoms with Crippen molar-refractivity contribution in [1.82, 2.24) is 4.90 Å². The van der Waals surface area contributed by atoms with Gasteiger partial charge >= 0.3 is 0 Å². The predicted octanol–water partition coefficient (Wildman–Crippen LogP) is 4.16. The molecule has 2 heterocycles. The smallest absolute Gasteiger partial charge is 0.193 e. The fourth-order valence-electron chi connectivity index (χ4n) is 3.66. The summed E-state index contributed by atoms with van der Waals surface area (Å²) in [5, 5.41) is 0. The van der Waals surface area contributed by atoms with E-state index < -0.39 is 5.82 Å². The second-order valence-corrected chi connectivity index (χ2v) is 7.89. The van der Waals surface area contributed by atoms with Crippen LogP contribution in [0.4, 0.5) is 4.39 Å². The van der Waals surface area contributed by atoms with Crippen LogP contribution in [0.5, 0.6) is 0 Å². The molecule has 0 saturated carbocycles. The van der Waals surface area contributed by atoms with Crippen molar-refractivity contribution >= 4 is 21.7 Å². The maximum absolute atomic E-state index is 13.7. The lowest BCUT2D eigenvalue weighted by atomic mass is 10.0. The zero-order valence-corrected chi connectivity index (χ0v) is 16.5. The molecule has 27 heavy (non-hydrogen) atoms. The van der Waals surface area contributed by atoms with Crippen LogP contribution in [0, 0.1) is 5.82 Å². The maximum atomic E-state index is 13.7. The van der Waals surface area contributed by atoms with Gasteiger partial charge in [-0.1, -0.05) is 24.3 Å². The van der Waals surface area contributed by atoms with Gasteiger partial charge in [-0.25, -0.2) is 4.39 Å². The Balaban J connectivity index is 1.37. The Morgan fingerprint density at radius 2 is 1.67 bits per heavy atom.